The van der Waals surface area contributed by atoms with Gasteiger partial charge in [-0.2, -0.15) is 0 Å². The van der Waals surface area contributed by atoms with Crippen LogP contribution < -0.4 is 0 Å². The van der Waals surface area contributed by atoms with Crippen LogP contribution in [0.5, 0.6) is 0 Å². The van der Waals surface area contributed by atoms with Crippen LogP contribution in [0.15, 0.2) is 73.3 Å². The lowest BCUT2D eigenvalue weighted by molar-refractivity contribution is 0.341. The molecule has 1 nitrogen and oxygen atoms in total. The summed E-state index contributed by atoms with van der Waals surface area (Å²) in [6, 6.07) is 20.2. The van der Waals surface area contributed by atoms with Crippen molar-refractivity contribution in [2.24, 2.45) is 0 Å². The summed E-state index contributed by atoms with van der Waals surface area (Å²) in [4.78, 5) is 0. The fourth-order valence-electron chi connectivity index (χ4n) is 2.17. The van der Waals surface area contributed by atoms with Crippen LogP contribution in [0.4, 0.5) is 0 Å². The molecule has 2 heteroatoms. The van der Waals surface area contributed by atoms with E-state index >= 15 is 0 Å². The van der Waals surface area contributed by atoms with Crippen LogP contribution in [0.3, 0.4) is 0 Å². The van der Waals surface area contributed by atoms with E-state index in [0.717, 1.165) is 22.3 Å². The van der Waals surface area contributed by atoms with Crippen molar-refractivity contribution in [3.8, 4) is 0 Å². The van der Waals surface area contributed by atoms with Crippen LogP contribution in [0.25, 0.3) is 11.1 Å². The van der Waals surface area contributed by atoms with Crippen molar-refractivity contribution in [1.29, 1.82) is 0 Å². The zero-order chi connectivity index (χ0) is 15.1. The Morgan fingerprint density at radius 1 is 1.00 bits per heavy atom. The highest BCUT2D eigenvalue weighted by Crippen LogP contribution is 2.29. The fourth-order valence-corrected chi connectivity index (χ4v) is 2.52. The molecule has 0 bridgehead atoms. The molecule has 0 fully saturated rings. The predicted octanol–water partition coefficient (Wildman–Crippen LogP) is 5.15. The summed E-state index contributed by atoms with van der Waals surface area (Å²) < 4.78 is 5.59. The molecule has 0 radical (unpaired) electrons. The van der Waals surface area contributed by atoms with Crippen molar-refractivity contribution in [2.75, 3.05) is 6.61 Å². The van der Waals surface area contributed by atoms with Crippen LogP contribution in [0.2, 0.25) is 0 Å². The van der Waals surface area contributed by atoms with E-state index in [0.29, 0.717) is 11.7 Å². The second-order valence-corrected chi connectivity index (χ2v) is 4.82. The summed E-state index contributed by atoms with van der Waals surface area (Å²) in [6.07, 6.45) is 1.84. The van der Waals surface area contributed by atoms with Crippen molar-refractivity contribution in [3.05, 3.63) is 84.4 Å². The molecule has 106 valence electrons. The molecule has 0 heterocycles. The van der Waals surface area contributed by atoms with E-state index in [1.807, 2.05) is 61.5 Å². The minimum Gasteiger partial charge on any atom is -0.483 e. The van der Waals surface area contributed by atoms with E-state index in [9.17, 15) is 0 Å². The average molecular weight is 294 g/mol. The summed E-state index contributed by atoms with van der Waals surface area (Å²) in [5.74, 6) is 0. The van der Waals surface area contributed by atoms with Gasteiger partial charge in [-0.25, -0.2) is 0 Å². The van der Waals surface area contributed by atoms with Gasteiger partial charge in [0.25, 0.3) is 0 Å². The minimum absolute atomic E-state index is 0.502. The first-order valence-electron chi connectivity index (χ1n) is 6.92. The Balaban J connectivity index is 2.64. The molecule has 0 N–H and O–H groups in total. The summed E-state index contributed by atoms with van der Waals surface area (Å²) in [6.45, 7) is 6.44. The smallest absolute Gasteiger partial charge is 0.192 e. The molecule has 0 spiro atoms. The number of ether oxygens (including phenoxy) is 1. The monoisotopic (exact) mass is 294 g/mol. The van der Waals surface area contributed by atoms with Gasteiger partial charge >= 0.3 is 0 Å². The first-order valence-corrected chi connectivity index (χ1v) is 7.33. The third-order valence-corrected chi connectivity index (χ3v) is 3.42. The molecule has 0 atom stereocenters. The van der Waals surface area contributed by atoms with E-state index in [4.69, 9.17) is 17.0 Å². The Bertz CT molecular complexity index is 642. The standard InChI is InChI=1S/C19H18OS/c1-3-17(15-11-7-5-8-12-15)18(19(21)20-4-2)16-13-9-6-10-14-16/h3,5-14H,1,4H2,2H3. The van der Waals surface area contributed by atoms with Crippen molar-refractivity contribution >= 4 is 28.4 Å². The normalized spacial score (nSPS) is 11.5. The van der Waals surface area contributed by atoms with Gasteiger partial charge in [0.15, 0.2) is 5.05 Å². The summed E-state index contributed by atoms with van der Waals surface area (Å²) in [5.41, 5.74) is 4.01. The van der Waals surface area contributed by atoms with Crippen molar-refractivity contribution < 1.29 is 4.74 Å². The molecule has 0 amide bonds. The SMILES string of the molecule is C=CC(=C(C(=S)OCC)c1ccccc1)c1ccccc1. The van der Waals surface area contributed by atoms with Gasteiger partial charge in [0, 0.05) is 5.57 Å². The Morgan fingerprint density at radius 3 is 2.00 bits per heavy atom. The number of hydrogen-bond acceptors (Lipinski definition) is 2. The van der Waals surface area contributed by atoms with Crippen LogP contribution in [0, 0.1) is 0 Å². The molecule has 0 aromatic heterocycles. The van der Waals surface area contributed by atoms with Gasteiger partial charge < -0.3 is 4.74 Å². The number of hydrogen-bond donors (Lipinski definition) is 0. The number of thiocarbonyl (C=S) groups is 1. The van der Waals surface area contributed by atoms with Gasteiger partial charge in [-0.05, 0) is 35.8 Å². The molecule has 0 aliphatic carbocycles. The maximum atomic E-state index is 5.59. The molecular weight excluding hydrogens is 276 g/mol. The van der Waals surface area contributed by atoms with Crippen LogP contribution in [-0.4, -0.2) is 11.7 Å². The predicted molar refractivity (Wildman–Crippen MR) is 94.1 cm³/mol. The van der Waals surface area contributed by atoms with Crippen molar-refractivity contribution in [3.63, 3.8) is 0 Å². The van der Waals surface area contributed by atoms with E-state index in [2.05, 4.69) is 18.7 Å². The van der Waals surface area contributed by atoms with Gasteiger partial charge in [0.2, 0.25) is 0 Å². The Morgan fingerprint density at radius 2 is 1.52 bits per heavy atom. The Kier molecular flexibility index (Phi) is 5.47. The minimum atomic E-state index is 0.502. The summed E-state index contributed by atoms with van der Waals surface area (Å²) in [7, 11) is 0. The van der Waals surface area contributed by atoms with Gasteiger partial charge in [-0.1, -0.05) is 73.3 Å². The van der Waals surface area contributed by atoms with Crippen LogP contribution in [-0.2, 0) is 4.74 Å². The molecule has 0 saturated heterocycles. The number of allylic oxidation sites excluding steroid dienone is 2. The van der Waals surface area contributed by atoms with E-state index in [1.165, 1.54) is 0 Å². The quantitative estimate of drug-likeness (QED) is 0.326. The third kappa shape index (κ3) is 3.67. The third-order valence-electron chi connectivity index (χ3n) is 3.10. The number of benzene rings is 2. The first kappa shape index (κ1) is 15.2. The lowest BCUT2D eigenvalue weighted by atomic mass is 9.95. The summed E-state index contributed by atoms with van der Waals surface area (Å²) >= 11 is 5.47. The molecular formula is C19H18OS. The highest BCUT2D eigenvalue weighted by atomic mass is 32.1. The summed E-state index contributed by atoms with van der Waals surface area (Å²) in [5, 5.41) is 0.502. The lowest BCUT2D eigenvalue weighted by Crippen LogP contribution is -2.06. The fraction of sp³-hybridized carbons (Fsp3) is 0.105. The van der Waals surface area contributed by atoms with Gasteiger partial charge in [-0.3, -0.25) is 0 Å². The maximum Gasteiger partial charge on any atom is 0.192 e. The molecule has 0 aliphatic rings. The lowest BCUT2D eigenvalue weighted by Gasteiger charge is -2.15. The van der Waals surface area contributed by atoms with Crippen LogP contribution in [0.1, 0.15) is 18.1 Å². The zero-order valence-corrected chi connectivity index (χ0v) is 12.9. The molecule has 21 heavy (non-hydrogen) atoms. The number of rotatable bonds is 5. The van der Waals surface area contributed by atoms with Gasteiger partial charge in [0.1, 0.15) is 0 Å². The highest BCUT2D eigenvalue weighted by molar-refractivity contribution is 7.81. The zero-order valence-electron chi connectivity index (χ0n) is 12.1. The largest absolute Gasteiger partial charge is 0.483 e. The Labute approximate surface area is 131 Å². The first-order chi connectivity index (χ1) is 10.3. The Hall–Kier alpha value is -2.19. The topological polar surface area (TPSA) is 9.23 Å². The second kappa shape index (κ2) is 7.55. The molecule has 0 aliphatic heterocycles. The maximum absolute atomic E-state index is 5.59. The van der Waals surface area contributed by atoms with Crippen molar-refractivity contribution in [1.82, 2.24) is 0 Å². The van der Waals surface area contributed by atoms with Crippen molar-refractivity contribution in [2.45, 2.75) is 6.92 Å². The van der Waals surface area contributed by atoms with Crippen LogP contribution >= 0.6 is 12.2 Å². The highest BCUT2D eigenvalue weighted by Gasteiger charge is 2.14. The van der Waals surface area contributed by atoms with Gasteiger partial charge in [-0.15, -0.1) is 0 Å². The molecule has 2 aromatic carbocycles. The molecule has 2 rings (SSSR count). The molecule has 0 saturated carbocycles. The van der Waals surface area contributed by atoms with E-state index < -0.39 is 0 Å². The average Bonchev–Trinajstić information content (AvgIpc) is 2.54. The second-order valence-electron chi connectivity index (χ2n) is 4.45. The molecule has 0 unspecified atom stereocenters. The van der Waals surface area contributed by atoms with Gasteiger partial charge in [0.05, 0.1) is 6.61 Å². The molecule has 2 aromatic rings. The van der Waals surface area contributed by atoms with E-state index in [-0.39, 0.29) is 0 Å². The van der Waals surface area contributed by atoms with E-state index in [1.54, 1.807) is 0 Å².